The Kier molecular flexibility index (Phi) is 35.8. The van der Waals surface area contributed by atoms with Crippen LogP contribution in [0.15, 0.2) is 0 Å². The first-order valence-corrected chi connectivity index (χ1v) is 12.1. The van der Waals surface area contributed by atoms with Crippen molar-refractivity contribution in [3.8, 4) is 0 Å². The van der Waals surface area contributed by atoms with Crippen molar-refractivity contribution >= 4 is 44.1 Å². The standard InChI is InChI=1S/3C8H16O3.Bi/c3*1-3-5-6-7(8(9)10)11-4-2;/h3*7H,3-6H2,1-2H3,(H,9,10);/q;;;+3/p-3. The van der Waals surface area contributed by atoms with Crippen molar-refractivity contribution in [1.29, 1.82) is 0 Å². The fraction of sp³-hybridized carbons (Fsp3) is 0.875. The maximum absolute atomic E-state index is 10.4. The first kappa shape index (κ1) is 40.3. The first-order chi connectivity index (χ1) is 15.7. The van der Waals surface area contributed by atoms with Crippen molar-refractivity contribution in [1.82, 2.24) is 0 Å². The Hall–Kier alpha value is -0.827. The quantitative estimate of drug-likeness (QED) is 0.189. The molecule has 0 aromatic carbocycles. The van der Waals surface area contributed by atoms with Gasteiger partial charge < -0.3 is 43.9 Å². The number of hydrogen-bond acceptors (Lipinski definition) is 9. The van der Waals surface area contributed by atoms with Gasteiger partial charge in [-0.25, -0.2) is 0 Å². The van der Waals surface area contributed by atoms with Crippen LogP contribution in [0, 0.1) is 0 Å². The number of carboxylic acid groups (broad SMARTS) is 3. The predicted octanol–water partition coefficient (Wildman–Crippen LogP) is 0.614. The van der Waals surface area contributed by atoms with Gasteiger partial charge in [0.15, 0.2) is 0 Å². The first-order valence-electron chi connectivity index (χ1n) is 12.1. The number of rotatable bonds is 18. The summed E-state index contributed by atoms with van der Waals surface area (Å²) in [5.74, 6) is -3.29. The van der Waals surface area contributed by atoms with E-state index in [1.165, 1.54) is 0 Å². The topological polar surface area (TPSA) is 148 Å². The maximum atomic E-state index is 10.4. The molecule has 34 heavy (non-hydrogen) atoms. The van der Waals surface area contributed by atoms with Gasteiger partial charge in [0.05, 0.1) is 36.2 Å². The van der Waals surface area contributed by atoms with Crippen LogP contribution in [0.5, 0.6) is 0 Å². The van der Waals surface area contributed by atoms with Gasteiger partial charge in [-0.1, -0.05) is 59.3 Å². The molecule has 0 heterocycles. The van der Waals surface area contributed by atoms with Crippen LogP contribution in [-0.4, -0.2) is 82.2 Å². The Morgan fingerprint density at radius 1 is 0.529 bits per heavy atom. The zero-order chi connectivity index (χ0) is 26.1. The van der Waals surface area contributed by atoms with E-state index in [-0.39, 0.29) is 26.2 Å². The summed E-state index contributed by atoms with van der Waals surface area (Å²) in [6.45, 7) is 12.7. The molecule has 9 nitrogen and oxygen atoms in total. The number of carboxylic acids is 3. The molecule has 3 unspecified atom stereocenters. The molecule has 0 aromatic heterocycles. The van der Waals surface area contributed by atoms with Crippen molar-refractivity contribution in [3.63, 3.8) is 0 Å². The summed E-state index contributed by atoms with van der Waals surface area (Å²) in [6.07, 6.45) is 5.13. The van der Waals surface area contributed by atoms with Crippen molar-refractivity contribution in [3.05, 3.63) is 0 Å². The summed E-state index contributed by atoms with van der Waals surface area (Å²) in [4.78, 5) is 31.1. The molecule has 200 valence electrons. The van der Waals surface area contributed by atoms with Gasteiger partial charge in [0.1, 0.15) is 0 Å². The van der Waals surface area contributed by atoms with E-state index >= 15 is 0 Å². The Morgan fingerprint density at radius 3 is 0.853 bits per heavy atom. The third kappa shape index (κ3) is 27.4. The summed E-state index contributed by atoms with van der Waals surface area (Å²) in [6, 6.07) is 0. The van der Waals surface area contributed by atoms with Gasteiger partial charge in [-0.3, -0.25) is 0 Å². The molecule has 0 saturated heterocycles. The number of unbranched alkanes of at least 4 members (excludes halogenated alkanes) is 3. The summed E-state index contributed by atoms with van der Waals surface area (Å²) in [5, 5.41) is 31.1. The van der Waals surface area contributed by atoms with Crippen LogP contribution in [0.4, 0.5) is 0 Å². The molecular formula is C24H45BiO9. The third-order valence-corrected chi connectivity index (χ3v) is 4.35. The van der Waals surface area contributed by atoms with Crippen molar-refractivity contribution in [2.24, 2.45) is 0 Å². The molecule has 0 bridgehead atoms. The van der Waals surface area contributed by atoms with Gasteiger partial charge in [-0.15, -0.1) is 0 Å². The zero-order valence-electron chi connectivity index (χ0n) is 21.8. The monoisotopic (exact) mass is 686 g/mol. The SMILES string of the molecule is CCCCC(OCC)C(=O)[O-].CCCCC(OCC)C(=O)[O-].CCCCC(OCC)C(=O)[O-].[Bi+3]. The van der Waals surface area contributed by atoms with E-state index in [2.05, 4.69) is 0 Å². The molecule has 10 heteroatoms. The van der Waals surface area contributed by atoms with Gasteiger partial charge in [0.2, 0.25) is 0 Å². The average molecular weight is 687 g/mol. The van der Waals surface area contributed by atoms with Crippen molar-refractivity contribution in [2.75, 3.05) is 19.8 Å². The summed E-state index contributed by atoms with van der Waals surface area (Å²) in [7, 11) is 0. The molecule has 3 atom stereocenters. The second kappa shape index (κ2) is 30.2. The molecule has 0 aliphatic carbocycles. The molecule has 0 rings (SSSR count). The minimum absolute atomic E-state index is 0. The van der Waals surface area contributed by atoms with Crippen LogP contribution in [0.25, 0.3) is 0 Å². The third-order valence-electron chi connectivity index (χ3n) is 4.35. The van der Waals surface area contributed by atoms with E-state index in [0.29, 0.717) is 39.1 Å². The number of aliphatic carboxylic acids is 3. The number of ether oxygens (including phenoxy) is 3. The summed E-state index contributed by atoms with van der Waals surface area (Å²) in [5.41, 5.74) is 0. The summed E-state index contributed by atoms with van der Waals surface area (Å²) >= 11 is 0. The minimum Gasteiger partial charge on any atom is -0.547 e. The Morgan fingerprint density at radius 2 is 0.735 bits per heavy atom. The summed E-state index contributed by atoms with van der Waals surface area (Å²) < 4.78 is 14.8. The largest absolute Gasteiger partial charge is 3.00 e. The maximum Gasteiger partial charge on any atom is 3.00 e. The van der Waals surface area contributed by atoms with E-state index in [4.69, 9.17) is 14.2 Å². The van der Waals surface area contributed by atoms with Gasteiger partial charge in [-0.05, 0) is 40.0 Å². The molecule has 0 aliphatic rings. The predicted molar refractivity (Wildman–Crippen MR) is 126 cm³/mol. The number of hydrogen-bond donors (Lipinski definition) is 0. The van der Waals surface area contributed by atoms with E-state index in [1.807, 2.05) is 20.8 Å². The van der Waals surface area contributed by atoms with Gasteiger partial charge in [-0.2, -0.15) is 0 Å². The molecule has 0 N–H and O–H groups in total. The van der Waals surface area contributed by atoms with Crippen molar-refractivity contribution < 1.29 is 43.9 Å². The van der Waals surface area contributed by atoms with Gasteiger partial charge >= 0.3 is 26.2 Å². The van der Waals surface area contributed by atoms with Crippen LogP contribution in [0.1, 0.15) is 99.3 Å². The Labute approximate surface area is 225 Å². The normalized spacial score (nSPS) is 12.5. The number of carbonyl (C=O) groups excluding carboxylic acids is 3. The van der Waals surface area contributed by atoms with Gasteiger partial charge in [0, 0.05) is 19.8 Å². The fourth-order valence-electron chi connectivity index (χ4n) is 2.58. The second-order valence-corrected chi connectivity index (χ2v) is 7.22. The van der Waals surface area contributed by atoms with Crippen LogP contribution < -0.4 is 15.3 Å². The Balaban J connectivity index is -0.000000196. The second-order valence-electron chi connectivity index (χ2n) is 7.22. The van der Waals surface area contributed by atoms with Crippen LogP contribution in [-0.2, 0) is 28.6 Å². The van der Waals surface area contributed by atoms with Crippen LogP contribution in [0.3, 0.4) is 0 Å². The molecule has 0 saturated carbocycles. The van der Waals surface area contributed by atoms with Gasteiger partial charge in [0.25, 0.3) is 0 Å². The fourth-order valence-corrected chi connectivity index (χ4v) is 2.58. The minimum atomic E-state index is -1.10. The van der Waals surface area contributed by atoms with Crippen molar-refractivity contribution in [2.45, 2.75) is 118 Å². The number of carbonyl (C=O) groups is 3. The molecule has 0 amide bonds. The molecule has 0 aromatic rings. The molecule has 0 spiro atoms. The average Bonchev–Trinajstić information content (AvgIpc) is 2.77. The smallest absolute Gasteiger partial charge is 0.547 e. The zero-order valence-corrected chi connectivity index (χ0v) is 25.3. The molecule has 2 radical (unpaired) electrons. The molecule has 0 fully saturated rings. The van der Waals surface area contributed by atoms with Crippen LogP contribution in [0.2, 0.25) is 0 Å². The van der Waals surface area contributed by atoms with E-state index in [1.54, 1.807) is 20.8 Å². The Bertz CT molecular complexity index is 409. The van der Waals surface area contributed by atoms with E-state index < -0.39 is 36.2 Å². The molecule has 0 aliphatic heterocycles. The molecular weight excluding hydrogens is 641 g/mol. The van der Waals surface area contributed by atoms with E-state index in [0.717, 1.165) is 38.5 Å². The van der Waals surface area contributed by atoms with E-state index in [9.17, 15) is 29.7 Å². The van der Waals surface area contributed by atoms with Crippen LogP contribution >= 0.6 is 0 Å².